The standard InChI is InChI=1S/C24H28ClN3O4/c1-27(2)24(30)26-11-10-15-6-9-20-18(12-15)19(22(25)28(20)3)13-16-7-8-17(23(29)32-5)14-21(16)31-4/h6-9,12,14H,10-11,13H2,1-5H3,(H,26,30). The van der Waals surface area contributed by atoms with Crippen LogP contribution in [-0.2, 0) is 24.6 Å². The fourth-order valence-electron chi connectivity index (χ4n) is 3.66. The summed E-state index contributed by atoms with van der Waals surface area (Å²) in [6.45, 7) is 0.543. The Balaban J connectivity index is 1.92. The number of hydrogen-bond donors (Lipinski definition) is 1. The SMILES string of the molecule is COC(=O)c1ccc(Cc2c(Cl)n(C)c3ccc(CCNC(=O)N(C)C)cc23)c(OC)c1. The second-order valence-electron chi connectivity index (χ2n) is 7.75. The van der Waals surface area contributed by atoms with Crippen LogP contribution in [0.25, 0.3) is 10.9 Å². The third-order valence-corrected chi connectivity index (χ3v) is 5.94. The van der Waals surface area contributed by atoms with Crippen molar-refractivity contribution in [1.82, 2.24) is 14.8 Å². The number of nitrogens with zero attached hydrogens (tertiary/aromatic N) is 2. The molecular weight excluding hydrogens is 430 g/mol. The topological polar surface area (TPSA) is 72.8 Å². The first-order valence-electron chi connectivity index (χ1n) is 10.2. The maximum Gasteiger partial charge on any atom is 0.337 e. The molecular formula is C24H28ClN3O4. The molecule has 1 aromatic heterocycles. The monoisotopic (exact) mass is 457 g/mol. The summed E-state index contributed by atoms with van der Waals surface area (Å²) in [5, 5.41) is 4.58. The molecule has 8 heteroatoms. The molecule has 7 nitrogen and oxygen atoms in total. The molecule has 0 unspecified atom stereocenters. The van der Waals surface area contributed by atoms with Crippen molar-refractivity contribution in [2.75, 3.05) is 34.9 Å². The number of methoxy groups -OCH3 is 2. The maximum atomic E-state index is 11.9. The Morgan fingerprint density at radius 3 is 2.53 bits per heavy atom. The Labute approximate surface area is 192 Å². The van der Waals surface area contributed by atoms with Gasteiger partial charge in [0.2, 0.25) is 0 Å². The Morgan fingerprint density at radius 2 is 1.88 bits per heavy atom. The molecule has 0 radical (unpaired) electrons. The number of aromatic nitrogens is 1. The highest BCUT2D eigenvalue weighted by atomic mass is 35.5. The van der Waals surface area contributed by atoms with E-state index in [0.717, 1.165) is 27.6 Å². The van der Waals surface area contributed by atoms with Crippen LogP contribution in [0, 0.1) is 0 Å². The summed E-state index contributed by atoms with van der Waals surface area (Å²) >= 11 is 6.70. The Bertz CT molecular complexity index is 1150. The van der Waals surface area contributed by atoms with E-state index in [1.807, 2.05) is 23.7 Å². The number of aryl methyl sites for hydroxylation is 1. The zero-order valence-corrected chi connectivity index (χ0v) is 19.7. The second kappa shape index (κ2) is 9.96. The molecule has 0 aliphatic rings. The zero-order valence-electron chi connectivity index (χ0n) is 19.0. The number of amides is 2. The van der Waals surface area contributed by atoms with Gasteiger partial charge in [0.05, 0.1) is 19.8 Å². The minimum Gasteiger partial charge on any atom is -0.496 e. The molecule has 0 spiro atoms. The molecule has 170 valence electrons. The number of nitrogens with one attached hydrogen (secondary N) is 1. The van der Waals surface area contributed by atoms with E-state index in [4.69, 9.17) is 21.1 Å². The van der Waals surface area contributed by atoms with Gasteiger partial charge in [0.15, 0.2) is 0 Å². The fourth-order valence-corrected chi connectivity index (χ4v) is 3.92. The first-order chi connectivity index (χ1) is 15.3. The van der Waals surface area contributed by atoms with Crippen LogP contribution in [0.15, 0.2) is 36.4 Å². The third-order valence-electron chi connectivity index (χ3n) is 5.46. The summed E-state index contributed by atoms with van der Waals surface area (Å²) in [5.41, 5.74) is 4.45. The molecule has 3 rings (SSSR count). The van der Waals surface area contributed by atoms with Gasteiger partial charge >= 0.3 is 12.0 Å². The van der Waals surface area contributed by atoms with Crippen LogP contribution in [0.2, 0.25) is 5.15 Å². The number of fused-ring (bicyclic) bond motifs is 1. The van der Waals surface area contributed by atoms with Crippen LogP contribution in [0.3, 0.4) is 0 Å². The molecule has 0 aliphatic heterocycles. The fraction of sp³-hybridized carbons (Fsp3) is 0.333. The minimum atomic E-state index is -0.413. The number of urea groups is 1. The molecule has 0 fully saturated rings. The quantitative estimate of drug-likeness (QED) is 0.543. The lowest BCUT2D eigenvalue weighted by Crippen LogP contribution is -2.35. The number of ether oxygens (including phenoxy) is 2. The molecule has 0 saturated carbocycles. The molecule has 0 atom stereocenters. The van der Waals surface area contributed by atoms with Crippen molar-refractivity contribution in [1.29, 1.82) is 0 Å². The van der Waals surface area contributed by atoms with Crippen molar-refractivity contribution in [2.24, 2.45) is 7.05 Å². The normalized spacial score (nSPS) is 10.8. The minimum absolute atomic E-state index is 0.114. The first kappa shape index (κ1) is 23.5. The summed E-state index contributed by atoms with van der Waals surface area (Å²) in [6, 6.07) is 11.4. The van der Waals surface area contributed by atoms with Crippen molar-refractivity contribution < 1.29 is 19.1 Å². The van der Waals surface area contributed by atoms with E-state index in [0.29, 0.717) is 35.9 Å². The zero-order chi connectivity index (χ0) is 23.4. The third kappa shape index (κ3) is 4.83. The molecule has 0 saturated heterocycles. The number of halogens is 1. The number of hydrogen-bond acceptors (Lipinski definition) is 4. The predicted octanol–water partition coefficient (Wildman–Crippen LogP) is 4.03. The largest absolute Gasteiger partial charge is 0.496 e. The van der Waals surface area contributed by atoms with Gasteiger partial charge < -0.3 is 24.3 Å². The highest BCUT2D eigenvalue weighted by Gasteiger charge is 2.18. The smallest absolute Gasteiger partial charge is 0.337 e. The van der Waals surface area contributed by atoms with Gasteiger partial charge in [-0.2, -0.15) is 0 Å². The summed E-state index contributed by atoms with van der Waals surface area (Å²) in [7, 11) is 8.28. The van der Waals surface area contributed by atoms with Gasteiger partial charge in [0.1, 0.15) is 10.9 Å². The van der Waals surface area contributed by atoms with E-state index in [9.17, 15) is 9.59 Å². The van der Waals surface area contributed by atoms with Crippen LogP contribution in [0.5, 0.6) is 5.75 Å². The van der Waals surface area contributed by atoms with E-state index in [1.165, 1.54) is 12.0 Å². The van der Waals surface area contributed by atoms with Crippen LogP contribution in [-0.4, -0.2) is 56.3 Å². The van der Waals surface area contributed by atoms with Crippen LogP contribution < -0.4 is 10.1 Å². The van der Waals surface area contributed by atoms with E-state index in [1.54, 1.807) is 33.3 Å². The molecule has 3 aromatic rings. The van der Waals surface area contributed by atoms with Crippen molar-refractivity contribution in [2.45, 2.75) is 12.8 Å². The molecule has 0 bridgehead atoms. The molecule has 0 aliphatic carbocycles. The average molecular weight is 458 g/mol. The lowest BCUT2D eigenvalue weighted by Gasteiger charge is -2.12. The molecule has 32 heavy (non-hydrogen) atoms. The highest BCUT2D eigenvalue weighted by molar-refractivity contribution is 6.32. The summed E-state index contributed by atoms with van der Waals surface area (Å²) < 4.78 is 12.3. The van der Waals surface area contributed by atoms with E-state index >= 15 is 0 Å². The van der Waals surface area contributed by atoms with Crippen molar-refractivity contribution in [3.63, 3.8) is 0 Å². The molecule has 2 amide bonds. The van der Waals surface area contributed by atoms with Crippen molar-refractivity contribution >= 4 is 34.5 Å². The first-order valence-corrected chi connectivity index (χ1v) is 10.6. The van der Waals surface area contributed by atoms with Crippen LogP contribution >= 0.6 is 11.6 Å². The van der Waals surface area contributed by atoms with Crippen molar-refractivity contribution in [3.05, 3.63) is 63.8 Å². The van der Waals surface area contributed by atoms with E-state index in [-0.39, 0.29) is 6.03 Å². The molecule has 1 heterocycles. The van der Waals surface area contributed by atoms with E-state index < -0.39 is 5.97 Å². The molecule has 1 N–H and O–H groups in total. The Kier molecular flexibility index (Phi) is 7.30. The van der Waals surface area contributed by atoms with Gasteiger partial charge in [-0.25, -0.2) is 9.59 Å². The number of carbonyl (C=O) groups excluding carboxylic acids is 2. The second-order valence-corrected chi connectivity index (χ2v) is 8.11. The summed E-state index contributed by atoms with van der Waals surface area (Å²) in [4.78, 5) is 25.1. The van der Waals surface area contributed by atoms with Crippen LogP contribution in [0.1, 0.15) is 27.0 Å². The van der Waals surface area contributed by atoms with Gasteiger partial charge in [-0.15, -0.1) is 0 Å². The number of carbonyl (C=O) groups is 2. The summed E-state index contributed by atoms with van der Waals surface area (Å²) in [6.07, 6.45) is 1.25. The van der Waals surface area contributed by atoms with Gasteiger partial charge in [0, 0.05) is 50.6 Å². The summed E-state index contributed by atoms with van der Waals surface area (Å²) in [5.74, 6) is 0.188. The Morgan fingerprint density at radius 1 is 1.12 bits per heavy atom. The van der Waals surface area contributed by atoms with Crippen molar-refractivity contribution in [3.8, 4) is 5.75 Å². The Hall–Kier alpha value is -3.19. The van der Waals surface area contributed by atoms with Crippen LogP contribution in [0.4, 0.5) is 4.79 Å². The average Bonchev–Trinajstić information content (AvgIpc) is 3.02. The van der Waals surface area contributed by atoms with Gasteiger partial charge in [-0.1, -0.05) is 23.7 Å². The maximum absolute atomic E-state index is 11.9. The van der Waals surface area contributed by atoms with E-state index in [2.05, 4.69) is 17.4 Å². The van der Waals surface area contributed by atoms with Gasteiger partial charge in [0.25, 0.3) is 0 Å². The van der Waals surface area contributed by atoms with Gasteiger partial charge in [-0.05, 0) is 41.8 Å². The lowest BCUT2D eigenvalue weighted by atomic mass is 10.00. The highest BCUT2D eigenvalue weighted by Crippen LogP contribution is 2.34. The number of esters is 1. The molecule has 2 aromatic carbocycles. The number of rotatable bonds is 7. The lowest BCUT2D eigenvalue weighted by molar-refractivity contribution is 0.0600. The number of benzene rings is 2. The van der Waals surface area contributed by atoms with Gasteiger partial charge in [-0.3, -0.25) is 0 Å². The predicted molar refractivity (Wildman–Crippen MR) is 126 cm³/mol.